The van der Waals surface area contributed by atoms with Crippen molar-refractivity contribution in [1.82, 2.24) is 0 Å². The van der Waals surface area contributed by atoms with Gasteiger partial charge in [0, 0.05) is 15.3 Å². The third-order valence-electron chi connectivity index (χ3n) is 3.18. The van der Waals surface area contributed by atoms with Crippen LogP contribution in [0.5, 0.6) is 11.5 Å². The van der Waals surface area contributed by atoms with Crippen LogP contribution in [-0.4, -0.2) is 13.2 Å². The van der Waals surface area contributed by atoms with Gasteiger partial charge in [-0.05, 0) is 45.1 Å². The molecule has 2 heterocycles. The van der Waals surface area contributed by atoms with Crippen molar-refractivity contribution in [3.05, 3.63) is 44.6 Å². The summed E-state index contributed by atoms with van der Waals surface area (Å²) in [4.78, 5) is 1.11. The first-order chi connectivity index (χ1) is 9.65. The predicted octanol–water partition coefficient (Wildman–Crippen LogP) is 5.25. The van der Waals surface area contributed by atoms with Crippen LogP contribution in [0.2, 0.25) is 0 Å². The van der Waals surface area contributed by atoms with Crippen molar-refractivity contribution in [3.63, 3.8) is 0 Å². The smallest absolute Gasteiger partial charge is 0.161 e. The van der Waals surface area contributed by atoms with Crippen LogP contribution >= 0.6 is 38.9 Å². The number of hydrogen-bond donors (Lipinski definition) is 0. The lowest BCUT2D eigenvalue weighted by molar-refractivity contribution is 0.228. The molecule has 0 spiro atoms. The molecule has 5 heteroatoms. The minimum Gasteiger partial charge on any atom is -0.489 e. The summed E-state index contributed by atoms with van der Waals surface area (Å²) in [5, 5.41) is 1.85. The fraction of sp³-hybridized carbons (Fsp3) is 0.333. The van der Waals surface area contributed by atoms with Crippen LogP contribution < -0.4 is 9.47 Å². The molecule has 0 aliphatic carbocycles. The van der Waals surface area contributed by atoms with E-state index in [0.29, 0.717) is 19.1 Å². The van der Waals surface area contributed by atoms with Crippen LogP contribution in [0.1, 0.15) is 22.7 Å². The molecule has 1 aliphatic heterocycles. The standard InChI is InChI=1S/C15H14BrClO2S/c1-9-7-18-12-3-2-10(6-13(12)19-8-9)14(17)15-11(16)4-5-20-15/h2-6,9,14H,7-8H2,1H3. The van der Waals surface area contributed by atoms with E-state index in [9.17, 15) is 0 Å². The summed E-state index contributed by atoms with van der Waals surface area (Å²) in [6.07, 6.45) is 0. The summed E-state index contributed by atoms with van der Waals surface area (Å²) in [5.41, 5.74) is 1.02. The molecular weight excluding hydrogens is 360 g/mol. The Labute approximate surface area is 135 Å². The highest BCUT2D eigenvalue weighted by Crippen LogP contribution is 2.41. The predicted molar refractivity (Wildman–Crippen MR) is 86.3 cm³/mol. The maximum atomic E-state index is 6.57. The van der Waals surface area contributed by atoms with Gasteiger partial charge in [0.1, 0.15) is 0 Å². The summed E-state index contributed by atoms with van der Waals surface area (Å²) in [6.45, 7) is 3.47. The monoisotopic (exact) mass is 372 g/mol. The van der Waals surface area contributed by atoms with E-state index in [-0.39, 0.29) is 5.38 Å². The van der Waals surface area contributed by atoms with E-state index in [1.54, 1.807) is 11.3 Å². The number of rotatable bonds is 2. The Morgan fingerprint density at radius 3 is 2.70 bits per heavy atom. The molecule has 1 aromatic heterocycles. The lowest BCUT2D eigenvalue weighted by Crippen LogP contribution is -2.12. The molecule has 0 fully saturated rings. The molecule has 0 saturated carbocycles. The van der Waals surface area contributed by atoms with Gasteiger partial charge < -0.3 is 9.47 Å². The first kappa shape index (κ1) is 14.2. The summed E-state index contributed by atoms with van der Waals surface area (Å²) in [5.74, 6) is 1.97. The molecule has 0 bridgehead atoms. The lowest BCUT2D eigenvalue weighted by Gasteiger charge is -2.13. The van der Waals surface area contributed by atoms with Crippen molar-refractivity contribution in [2.24, 2.45) is 5.92 Å². The van der Waals surface area contributed by atoms with Gasteiger partial charge in [-0.2, -0.15) is 0 Å². The highest BCUT2D eigenvalue weighted by molar-refractivity contribution is 9.10. The van der Waals surface area contributed by atoms with Gasteiger partial charge in [-0.3, -0.25) is 0 Å². The van der Waals surface area contributed by atoms with Crippen LogP contribution in [0, 0.1) is 5.92 Å². The molecule has 3 rings (SSSR count). The Balaban J connectivity index is 1.91. The SMILES string of the molecule is CC1COc2ccc(C(Cl)c3sccc3Br)cc2OC1. The lowest BCUT2D eigenvalue weighted by atomic mass is 10.1. The minimum absolute atomic E-state index is 0.182. The van der Waals surface area contributed by atoms with E-state index in [0.717, 1.165) is 26.4 Å². The van der Waals surface area contributed by atoms with Crippen molar-refractivity contribution in [2.45, 2.75) is 12.3 Å². The van der Waals surface area contributed by atoms with E-state index >= 15 is 0 Å². The fourth-order valence-electron chi connectivity index (χ4n) is 2.06. The molecule has 2 unspecified atom stereocenters. The molecule has 2 nitrogen and oxygen atoms in total. The van der Waals surface area contributed by atoms with Crippen molar-refractivity contribution in [3.8, 4) is 11.5 Å². The topological polar surface area (TPSA) is 18.5 Å². The molecule has 106 valence electrons. The number of halogens is 2. The van der Waals surface area contributed by atoms with Crippen LogP contribution in [-0.2, 0) is 0 Å². The van der Waals surface area contributed by atoms with Crippen LogP contribution in [0.15, 0.2) is 34.1 Å². The Kier molecular flexibility index (Phi) is 4.24. The van der Waals surface area contributed by atoms with Gasteiger partial charge in [-0.15, -0.1) is 22.9 Å². The number of benzene rings is 1. The van der Waals surface area contributed by atoms with Gasteiger partial charge in [-0.1, -0.05) is 13.0 Å². The first-order valence-electron chi connectivity index (χ1n) is 6.41. The number of fused-ring (bicyclic) bond motifs is 1. The maximum absolute atomic E-state index is 6.57. The first-order valence-corrected chi connectivity index (χ1v) is 8.52. The second-order valence-electron chi connectivity index (χ2n) is 4.93. The summed E-state index contributed by atoms with van der Waals surface area (Å²) in [7, 11) is 0. The third kappa shape index (κ3) is 2.83. The van der Waals surface area contributed by atoms with E-state index < -0.39 is 0 Å². The summed E-state index contributed by atoms with van der Waals surface area (Å²) < 4.78 is 12.6. The summed E-state index contributed by atoms with van der Waals surface area (Å²) >= 11 is 11.7. The second kappa shape index (κ2) is 5.96. The molecule has 2 atom stereocenters. The zero-order chi connectivity index (χ0) is 14.1. The number of thiophene rings is 1. The Hall–Kier alpha value is -0.710. The molecular formula is C15H14BrClO2S. The Bertz CT molecular complexity index is 614. The minimum atomic E-state index is -0.182. The molecule has 0 N–H and O–H groups in total. The van der Waals surface area contributed by atoms with E-state index in [1.165, 1.54) is 0 Å². The normalized spacial score (nSPS) is 19.4. The van der Waals surface area contributed by atoms with Gasteiger partial charge in [-0.25, -0.2) is 0 Å². The zero-order valence-corrected chi connectivity index (χ0v) is 14.1. The van der Waals surface area contributed by atoms with Crippen LogP contribution in [0.3, 0.4) is 0 Å². The molecule has 0 amide bonds. The highest BCUT2D eigenvalue weighted by Gasteiger charge is 2.20. The van der Waals surface area contributed by atoms with Crippen LogP contribution in [0.25, 0.3) is 0 Å². The van der Waals surface area contributed by atoms with Gasteiger partial charge >= 0.3 is 0 Å². The number of ether oxygens (including phenoxy) is 2. The van der Waals surface area contributed by atoms with Crippen molar-refractivity contribution < 1.29 is 9.47 Å². The van der Waals surface area contributed by atoms with E-state index in [1.807, 2.05) is 29.6 Å². The quantitative estimate of drug-likeness (QED) is 0.670. The largest absolute Gasteiger partial charge is 0.489 e. The molecule has 1 aromatic carbocycles. The average molecular weight is 374 g/mol. The van der Waals surface area contributed by atoms with Crippen molar-refractivity contribution in [2.75, 3.05) is 13.2 Å². The molecule has 0 saturated heterocycles. The highest BCUT2D eigenvalue weighted by atomic mass is 79.9. The van der Waals surface area contributed by atoms with Crippen molar-refractivity contribution >= 4 is 38.9 Å². The van der Waals surface area contributed by atoms with E-state index in [4.69, 9.17) is 21.1 Å². The molecule has 20 heavy (non-hydrogen) atoms. The summed E-state index contributed by atoms with van der Waals surface area (Å²) in [6, 6.07) is 7.94. The van der Waals surface area contributed by atoms with E-state index in [2.05, 4.69) is 22.9 Å². The Morgan fingerprint density at radius 1 is 1.25 bits per heavy atom. The van der Waals surface area contributed by atoms with Crippen LogP contribution in [0.4, 0.5) is 0 Å². The fourth-order valence-corrected chi connectivity index (χ4v) is 4.21. The molecule has 0 radical (unpaired) electrons. The third-order valence-corrected chi connectivity index (χ3v) is 5.72. The average Bonchev–Trinajstić information content (AvgIpc) is 2.79. The van der Waals surface area contributed by atoms with Gasteiger partial charge in [0.25, 0.3) is 0 Å². The number of alkyl halides is 1. The van der Waals surface area contributed by atoms with Gasteiger partial charge in [0.05, 0.1) is 18.6 Å². The second-order valence-corrected chi connectivity index (χ2v) is 7.17. The number of hydrogen-bond acceptors (Lipinski definition) is 3. The zero-order valence-electron chi connectivity index (χ0n) is 10.9. The molecule has 2 aromatic rings. The van der Waals surface area contributed by atoms with Gasteiger partial charge in [0.15, 0.2) is 11.5 Å². The van der Waals surface area contributed by atoms with Crippen molar-refractivity contribution in [1.29, 1.82) is 0 Å². The molecule has 1 aliphatic rings. The van der Waals surface area contributed by atoms with Gasteiger partial charge in [0.2, 0.25) is 0 Å². The maximum Gasteiger partial charge on any atom is 0.161 e. The Morgan fingerprint density at radius 2 is 2.00 bits per heavy atom.